The van der Waals surface area contributed by atoms with Crippen LogP contribution in [-0.2, 0) is 25.6 Å². The molecule has 20 heavy (non-hydrogen) atoms. The number of hydrogen-bond acceptors (Lipinski definition) is 5. The average molecular weight is 301 g/mol. The van der Waals surface area contributed by atoms with Gasteiger partial charge in [-0.15, -0.1) is 0 Å². The zero-order chi connectivity index (χ0) is 15.4. The molecule has 0 fully saturated rings. The molecule has 112 valence electrons. The van der Waals surface area contributed by atoms with Crippen LogP contribution >= 0.6 is 0 Å². The maximum Gasteiger partial charge on any atom is 0.412 e. The molecule has 0 saturated carbocycles. The van der Waals surface area contributed by atoms with Crippen molar-refractivity contribution in [1.82, 2.24) is 0 Å². The highest BCUT2D eigenvalue weighted by Gasteiger charge is 2.16. The number of hydrogen-bond donors (Lipinski definition) is 1. The Hall–Kier alpha value is -1.60. The molecule has 7 heteroatoms. The molecule has 0 aliphatic heterocycles. The second-order valence-electron chi connectivity index (χ2n) is 5.29. The molecular formula is C13H19NO5S. The molecule has 0 unspecified atom stereocenters. The van der Waals surface area contributed by atoms with Crippen molar-refractivity contribution in [3.63, 3.8) is 0 Å². The first kappa shape index (κ1) is 16.5. The molecule has 0 aliphatic carbocycles. The summed E-state index contributed by atoms with van der Waals surface area (Å²) in [5.74, 6) is 0. The molecule has 0 aliphatic rings. The predicted molar refractivity (Wildman–Crippen MR) is 75.9 cm³/mol. The Morgan fingerprint density at radius 3 is 2.50 bits per heavy atom. The molecule has 0 heterocycles. The smallest absolute Gasteiger partial charge is 0.412 e. The van der Waals surface area contributed by atoms with Crippen LogP contribution in [0.4, 0.5) is 10.5 Å². The summed E-state index contributed by atoms with van der Waals surface area (Å²) in [4.78, 5) is 11.6. The van der Waals surface area contributed by atoms with E-state index >= 15 is 0 Å². The number of benzene rings is 1. The van der Waals surface area contributed by atoms with Crippen molar-refractivity contribution in [2.75, 3.05) is 11.6 Å². The van der Waals surface area contributed by atoms with Crippen LogP contribution < -0.4 is 5.32 Å². The van der Waals surface area contributed by atoms with Crippen molar-refractivity contribution in [3.8, 4) is 0 Å². The van der Waals surface area contributed by atoms with Crippen molar-refractivity contribution >= 4 is 21.9 Å². The lowest BCUT2D eigenvalue weighted by Crippen LogP contribution is -2.27. The zero-order valence-electron chi connectivity index (χ0n) is 12.0. The minimum atomic E-state index is -3.49. The summed E-state index contributed by atoms with van der Waals surface area (Å²) < 4.78 is 31.6. The highest BCUT2D eigenvalue weighted by atomic mass is 32.2. The third kappa shape index (κ3) is 7.10. The van der Waals surface area contributed by atoms with Gasteiger partial charge in [-0.1, -0.05) is 12.1 Å². The Morgan fingerprint density at radius 1 is 1.30 bits per heavy atom. The first-order chi connectivity index (χ1) is 9.05. The van der Waals surface area contributed by atoms with Crippen LogP contribution in [0.15, 0.2) is 24.3 Å². The van der Waals surface area contributed by atoms with Gasteiger partial charge < -0.3 is 4.74 Å². The predicted octanol–water partition coefficient (Wildman–Crippen LogP) is 2.51. The number of carbonyl (C=O) groups excluding carboxylic acids is 1. The average Bonchev–Trinajstić information content (AvgIpc) is 2.23. The maximum absolute atomic E-state index is 11.6. The highest BCUT2D eigenvalue weighted by molar-refractivity contribution is 7.85. The monoisotopic (exact) mass is 301 g/mol. The molecule has 0 bridgehead atoms. The lowest BCUT2D eigenvalue weighted by atomic mass is 10.2. The summed E-state index contributed by atoms with van der Waals surface area (Å²) in [6.07, 6.45) is 0.411. The van der Waals surface area contributed by atoms with Gasteiger partial charge in [0.25, 0.3) is 10.1 Å². The molecule has 1 aromatic rings. The molecule has 6 nitrogen and oxygen atoms in total. The minimum absolute atomic E-state index is 0.0807. The number of carbonyl (C=O) groups is 1. The van der Waals surface area contributed by atoms with E-state index in [0.29, 0.717) is 11.3 Å². The van der Waals surface area contributed by atoms with Crippen molar-refractivity contribution < 1.29 is 22.1 Å². The summed E-state index contributed by atoms with van der Waals surface area (Å²) in [5, 5.41) is 2.57. The fourth-order valence-corrected chi connectivity index (χ4v) is 1.69. The van der Waals surface area contributed by atoms with Gasteiger partial charge in [-0.2, -0.15) is 8.42 Å². The third-order valence-corrected chi connectivity index (χ3v) is 2.56. The Labute approximate surface area is 119 Å². The fourth-order valence-electron chi connectivity index (χ4n) is 1.34. The lowest BCUT2D eigenvalue weighted by molar-refractivity contribution is 0.0636. The Bertz CT molecular complexity index is 575. The molecular weight excluding hydrogens is 282 g/mol. The van der Waals surface area contributed by atoms with Gasteiger partial charge in [0.15, 0.2) is 0 Å². The maximum atomic E-state index is 11.6. The molecule has 0 atom stereocenters. The van der Waals surface area contributed by atoms with E-state index in [1.165, 1.54) is 0 Å². The van der Waals surface area contributed by atoms with Crippen molar-refractivity contribution in [1.29, 1.82) is 0 Å². The van der Waals surface area contributed by atoms with Crippen LogP contribution in [0.25, 0.3) is 0 Å². The van der Waals surface area contributed by atoms with Crippen molar-refractivity contribution in [2.24, 2.45) is 0 Å². The Balaban J connectivity index is 2.66. The molecule has 0 spiro atoms. The lowest BCUT2D eigenvalue weighted by Gasteiger charge is -2.19. The van der Waals surface area contributed by atoms with Crippen LogP contribution in [0, 0.1) is 0 Å². The Kier molecular flexibility index (Phi) is 5.13. The van der Waals surface area contributed by atoms with Gasteiger partial charge in [0.1, 0.15) is 5.60 Å². The minimum Gasteiger partial charge on any atom is -0.444 e. The molecule has 1 amide bonds. The molecule has 1 aromatic carbocycles. The van der Waals surface area contributed by atoms with E-state index in [1.807, 2.05) is 0 Å². The number of ether oxygens (including phenoxy) is 1. The number of rotatable bonds is 4. The van der Waals surface area contributed by atoms with E-state index in [0.717, 1.165) is 6.26 Å². The third-order valence-electron chi connectivity index (χ3n) is 2.01. The van der Waals surface area contributed by atoms with Gasteiger partial charge >= 0.3 is 6.09 Å². The summed E-state index contributed by atoms with van der Waals surface area (Å²) in [5.41, 5.74) is 0.555. The fraction of sp³-hybridized carbons (Fsp3) is 0.462. The normalized spacial score (nSPS) is 12.0. The first-order valence-electron chi connectivity index (χ1n) is 5.98. The summed E-state index contributed by atoms with van der Waals surface area (Å²) in [6.45, 7) is 5.22. The molecule has 1 rings (SSSR count). The summed E-state index contributed by atoms with van der Waals surface area (Å²) >= 11 is 0. The largest absolute Gasteiger partial charge is 0.444 e. The van der Waals surface area contributed by atoms with Gasteiger partial charge in [0.05, 0.1) is 12.9 Å². The van der Waals surface area contributed by atoms with Crippen LogP contribution in [-0.4, -0.2) is 26.4 Å². The second kappa shape index (κ2) is 6.23. The highest BCUT2D eigenvalue weighted by Crippen LogP contribution is 2.14. The quantitative estimate of drug-likeness (QED) is 0.864. The van der Waals surface area contributed by atoms with Gasteiger partial charge in [-0.25, -0.2) is 4.79 Å². The standard InChI is InChI=1S/C13H19NO5S/c1-13(2,3)19-12(15)14-11-7-5-6-10(8-11)9-18-20(4,16)17/h5-8H,9H2,1-4H3,(H,14,15). The van der Waals surface area contributed by atoms with Crippen LogP contribution in [0.1, 0.15) is 26.3 Å². The summed E-state index contributed by atoms with van der Waals surface area (Å²) in [7, 11) is -3.49. The number of nitrogens with one attached hydrogen (secondary N) is 1. The van der Waals surface area contributed by atoms with Gasteiger partial charge in [-0.3, -0.25) is 9.50 Å². The van der Waals surface area contributed by atoms with E-state index < -0.39 is 21.8 Å². The number of anilines is 1. The second-order valence-corrected chi connectivity index (χ2v) is 6.94. The van der Waals surface area contributed by atoms with E-state index in [9.17, 15) is 13.2 Å². The van der Waals surface area contributed by atoms with E-state index in [4.69, 9.17) is 4.74 Å². The molecule has 0 saturated heterocycles. The van der Waals surface area contributed by atoms with Crippen LogP contribution in [0.2, 0.25) is 0 Å². The van der Waals surface area contributed by atoms with E-state index in [-0.39, 0.29) is 6.61 Å². The molecule has 1 N–H and O–H groups in total. The topological polar surface area (TPSA) is 81.7 Å². The molecule has 0 aromatic heterocycles. The first-order valence-corrected chi connectivity index (χ1v) is 7.80. The summed E-state index contributed by atoms with van der Waals surface area (Å²) in [6, 6.07) is 6.68. The molecule has 0 radical (unpaired) electrons. The number of amides is 1. The van der Waals surface area contributed by atoms with Crippen molar-refractivity contribution in [2.45, 2.75) is 33.0 Å². The van der Waals surface area contributed by atoms with Gasteiger partial charge in [-0.05, 0) is 38.5 Å². The Morgan fingerprint density at radius 2 is 1.95 bits per heavy atom. The van der Waals surface area contributed by atoms with E-state index in [2.05, 4.69) is 9.50 Å². The van der Waals surface area contributed by atoms with Gasteiger partial charge in [0.2, 0.25) is 0 Å². The van der Waals surface area contributed by atoms with Gasteiger partial charge in [0, 0.05) is 5.69 Å². The van der Waals surface area contributed by atoms with Crippen LogP contribution in [0.5, 0.6) is 0 Å². The van der Waals surface area contributed by atoms with Crippen LogP contribution in [0.3, 0.4) is 0 Å². The van der Waals surface area contributed by atoms with Crippen molar-refractivity contribution in [3.05, 3.63) is 29.8 Å². The van der Waals surface area contributed by atoms with E-state index in [1.54, 1.807) is 45.0 Å². The SMILES string of the molecule is CC(C)(C)OC(=O)Nc1cccc(COS(C)(=O)=O)c1. The zero-order valence-corrected chi connectivity index (χ0v) is 12.8.